The zero-order valence-electron chi connectivity index (χ0n) is 19.0. The van der Waals surface area contributed by atoms with Gasteiger partial charge in [-0.25, -0.2) is 0 Å². The summed E-state index contributed by atoms with van der Waals surface area (Å²) < 4.78 is 0. The van der Waals surface area contributed by atoms with Gasteiger partial charge in [-0.2, -0.15) is 0 Å². The average molecular weight is 428 g/mol. The fourth-order valence-electron chi connectivity index (χ4n) is 4.52. The van der Waals surface area contributed by atoms with Gasteiger partial charge < -0.3 is 9.80 Å². The lowest BCUT2D eigenvalue weighted by molar-refractivity contribution is -0.133. The van der Waals surface area contributed by atoms with Crippen molar-refractivity contribution in [2.24, 2.45) is 0 Å². The Balaban J connectivity index is 1.17. The van der Waals surface area contributed by atoms with Crippen molar-refractivity contribution in [3.8, 4) is 0 Å². The third-order valence-corrected chi connectivity index (χ3v) is 6.57. The quantitative estimate of drug-likeness (QED) is 0.374. The van der Waals surface area contributed by atoms with Crippen LogP contribution < -0.4 is 0 Å². The first-order valence-electron chi connectivity index (χ1n) is 12.1. The molecule has 2 aliphatic heterocycles. The molecule has 2 aliphatic rings. The van der Waals surface area contributed by atoms with Gasteiger partial charge in [0.15, 0.2) is 0 Å². The van der Waals surface area contributed by atoms with Gasteiger partial charge in [0.25, 0.3) is 11.8 Å². The van der Waals surface area contributed by atoms with Crippen molar-refractivity contribution in [3.05, 3.63) is 35.4 Å². The van der Waals surface area contributed by atoms with E-state index in [1.54, 1.807) is 24.3 Å². The van der Waals surface area contributed by atoms with Crippen LogP contribution in [0.4, 0.5) is 0 Å². The van der Waals surface area contributed by atoms with Crippen LogP contribution in [0.5, 0.6) is 0 Å². The van der Waals surface area contributed by atoms with E-state index in [1.165, 1.54) is 24.2 Å². The Morgan fingerprint density at radius 1 is 0.774 bits per heavy atom. The molecule has 3 rings (SSSR count). The third kappa shape index (κ3) is 6.39. The van der Waals surface area contributed by atoms with E-state index >= 15 is 0 Å². The molecular weight excluding hydrogens is 390 g/mol. The number of likely N-dealkylation sites (N-methyl/N-ethyl adjacent to an activating group) is 1. The molecule has 0 radical (unpaired) electrons. The second-order valence-electron chi connectivity index (χ2n) is 8.70. The zero-order valence-corrected chi connectivity index (χ0v) is 19.0. The topological polar surface area (TPSA) is 60.9 Å². The van der Waals surface area contributed by atoms with Crippen LogP contribution in [0.3, 0.4) is 0 Å². The molecule has 0 unspecified atom stereocenters. The van der Waals surface area contributed by atoms with Crippen molar-refractivity contribution in [1.29, 1.82) is 0 Å². The van der Waals surface area contributed by atoms with E-state index in [-0.39, 0.29) is 11.8 Å². The van der Waals surface area contributed by atoms with Crippen molar-refractivity contribution in [2.75, 3.05) is 39.3 Å². The lowest BCUT2D eigenvalue weighted by Gasteiger charge is -2.34. The lowest BCUT2D eigenvalue weighted by atomic mass is 10.1. The number of hydrogen-bond donors (Lipinski definition) is 0. The highest BCUT2D eigenvalue weighted by atomic mass is 16.2. The monoisotopic (exact) mass is 427 g/mol. The summed E-state index contributed by atoms with van der Waals surface area (Å²) >= 11 is 0. The second kappa shape index (κ2) is 12.0. The normalized spacial score (nSPS) is 16.8. The second-order valence-corrected chi connectivity index (χ2v) is 8.70. The maximum Gasteiger partial charge on any atom is 0.261 e. The van der Waals surface area contributed by atoms with Crippen LogP contribution in [-0.4, -0.2) is 71.7 Å². The van der Waals surface area contributed by atoms with Crippen LogP contribution in [-0.2, 0) is 4.79 Å². The molecule has 3 amide bonds. The fraction of sp³-hybridized carbons (Fsp3) is 0.640. The number of rotatable bonds is 12. The van der Waals surface area contributed by atoms with E-state index in [0.29, 0.717) is 30.0 Å². The summed E-state index contributed by atoms with van der Waals surface area (Å²) in [6.45, 7) is 7.54. The van der Waals surface area contributed by atoms with Gasteiger partial charge >= 0.3 is 0 Å². The highest BCUT2D eigenvalue weighted by Crippen LogP contribution is 2.23. The molecule has 1 aromatic carbocycles. The minimum absolute atomic E-state index is 0.151. The van der Waals surface area contributed by atoms with Gasteiger partial charge in [0, 0.05) is 39.1 Å². The summed E-state index contributed by atoms with van der Waals surface area (Å²) in [5.74, 6) is 0.0219. The molecule has 6 nitrogen and oxygen atoms in total. The van der Waals surface area contributed by atoms with Gasteiger partial charge in [0.1, 0.15) is 0 Å². The summed E-state index contributed by atoms with van der Waals surface area (Å²) in [5.41, 5.74) is 1.07. The minimum atomic E-state index is -0.151. The number of benzene rings is 1. The van der Waals surface area contributed by atoms with Gasteiger partial charge in [0.2, 0.25) is 5.91 Å². The maximum atomic E-state index is 12.3. The molecule has 1 aromatic rings. The molecule has 1 saturated heterocycles. The minimum Gasteiger partial charge on any atom is -0.340 e. The van der Waals surface area contributed by atoms with Gasteiger partial charge in [-0.15, -0.1) is 0 Å². The van der Waals surface area contributed by atoms with E-state index in [2.05, 4.69) is 11.8 Å². The molecule has 170 valence electrons. The van der Waals surface area contributed by atoms with Gasteiger partial charge in [-0.05, 0) is 31.5 Å². The molecule has 0 aliphatic carbocycles. The van der Waals surface area contributed by atoms with Crippen molar-refractivity contribution >= 4 is 17.7 Å². The number of imide groups is 1. The third-order valence-electron chi connectivity index (χ3n) is 6.57. The SMILES string of the molecule is CCN1CCN(C(=O)CCCCCCCCCCN2C(=O)c3ccccc3C2=O)CC1. The predicted molar refractivity (Wildman–Crippen MR) is 122 cm³/mol. The average Bonchev–Trinajstić information content (AvgIpc) is 3.05. The van der Waals surface area contributed by atoms with Crippen molar-refractivity contribution in [3.63, 3.8) is 0 Å². The number of fused-ring (bicyclic) bond motifs is 1. The van der Waals surface area contributed by atoms with Crippen LogP contribution in [0.25, 0.3) is 0 Å². The molecule has 0 N–H and O–H groups in total. The zero-order chi connectivity index (χ0) is 22.1. The largest absolute Gasteiger partial charge is 0.340 e. The Labute approximate surface area is 186 Å². The van der Waals surface area contributed by atoms with E-state index in [4.69, 9.17) is 0 Å². The molecule has 0 bridgehead atoms. The number of carbonyl (C=O) groups excluding carboxylic acids is 3. The number of amides is 3. The van der Waals surface area contributed by atoms with E-state index < -0.39 is 0 Å². The molecular formula is C25H37N3O3. The maximum absolute atomic E-state index is 12.3. The molecule has 0 spiro atoms. The summed E-state index contributed by atoms with van der Waals surface area (Å²) in [7, 11) is 0. The van der Waals surface area contributed by atoms with Crippen LogP contribution in [0, 0.1) is 0 Å². The highest BCUT2D eigenvalue weighted by molar-refractivity contribution is 6.21. The fourth-order valence-corrected chi connectivity index (χ4v) is 4.52. The van der Waals surface area contributed by atoms with Gasteiger partial charge in [-0.1, -0.05) is 57.6 Å². The van der Waals surface area contributed by atoms with E-state index in [1.807, 2.05) is 4.90 Å². The number of hydrogen-bond acceptors (Lipinski definition) is 4. The van der Waals surface area contributed by atoms with Gasteiger partial charge in [-0.3, -0.25) is 19.3 Å². The van der Waals surface area contributed by atoms with Crippen LogP contribution in [0.15, 0.2) is 24.3 Å². The Kier molecular flexibility index (Phi) is 9.07. The summed E-state index contributed by atoms with van der Waals surface area (Å²) in [6.07, 6.45) is 9.38. The number of nitrogens with zero attached hydrogens (tertiary/aromatic N) is 3. The first-order chi connectivity index (χ1) is 15.1. The predicted octanol–water partition coefficient (Wildman–Crippen LogP) is 3.96. The highest BCUT2D eigenvalue weighted by Gasteiger charge is 2.34. The molecule has 1 fully saturated rings. The Hall–Kier alpha value is -2.21. The Morgan fingerprint density at radius 3 is 1.84 bits per heavy atom. The molecule has 31 heavy (non-hydrogen) atoms. The first-order valence-corrected chi connectivity index (χ1v) is 12.1. The summed E-state index contributed by atoms with van der Waals surface area (Å²) in [6, 6.07) is 7.07. The summed E-state index contributed by atoms with van der Waals surface area (Å²) in [4.78, 5) is 42.8. The van der Waals surface area contributed by atoms with Crippen LogP contribution in [0.1, 0.15) is 85.4 Å². The summed E-state index contributed by atoms with van der Waals surface area (Å²) in [5, 5.41) is 0. The standard InChI is InChI=1S/C25H37N3O3/c1-2-26-17-19-27(20-18-26)23(29)15-9-7-5-3-4-6-8-12-16-28-24(30)21-13-10-11-14-22(21)25(28)31/h10-11,13-14H,2-9,12,15-20H2,1H3. The van der Waals surface area contributed by atoms with Gasteiger partial charge in [0.05, 0.1) is 11.1 Å². The number of piperazine rings is 1. The van der Waals surface area contributed by atoms with Crippen LogP contribution in [0.2, 0.25) is 0 Å². The number of carbonyl (C=O) groups is 3. The molecule has 0 saturated carbocycles. The number of unbranched alkanes of at least 4 members (excludes halogenated alkanes) is 7. The van der Waals surface area contributed by atoms with Crippen molar-refractivity contribution < 1.29 is 14.4 Å². The first kappa shape index (κ1) is 23.5. The Morgan fingerprint density at radius 2 is 1.29 bits per heavy atom. The van der Waals surface area contributed by atoms with Crippen molar-refractivity contribution in [1.82, 2.24) is 14.7 Å². The molecule has 2 heterocycles. The Bertz CT molecular complexity index is 721. The van der Waals surface area contributed by atoms with Crippen LogP contribution >= 0.6 is 0 Å². The van der Waals surface area contributed by atoms with E-state index in [9.17, 15) is 14.4 Å². The van der Waals surface area contributed by atoms with E-state index in [0.717, 1.165) is 64.8 Å². The molecule has 6 heteroatoms. The van der Waals surface area contributed by atoms with Crippen molar-refractivity contribution in [2.45, 2.75) is 64.7 Å². The molecule has 0 atom stereocenters. The molecule has 0 aromatic heterocycles. The smallest absolute Gasteiger partial charge is 0.261 e. The lowest BCUT2D eigenvalue weighted by Crippen LogP contribution is -2.48.